The van der Waals surface area contributed by atoms with Gasteiger partial charge in [-0.25, -0.2) is 4.79 Å². The summed E-state index contributed by atoms with van der Waals surface area (Å²) in [6, 6.07) is 13.8. The zero-order valence-electron chi connectivity index (χ0n) is 17.3. The normalized spacial score (nSPS) is 11.8. The topological polar surface area (TPSA) is 91.3 Å². The van der Waals surface area contributed by atoms with E-state index in [2.05, 4.69) is 40.9 Å². The molecule has 2 aromatic heterocycles. The molecule has 0 aliphatic rings. The van der Waals surface area contributed by atoms with E-state index in [1.54, 1.807) is 35.9 Å². The summed E-state index contributed by atoms with van der Waals surface area (Å²) in [7, 11) is 0. The number of aryl methyl sites for hydroxylation is 1. The molecule has 6 nitrogen and oxygen atoms in total. The van der Waals surface area contributed by atoms with E-state index in [-0.39, 0.29) is 5.91 Å². The number of aliphatic carboxylic acids is 1. The van der Waals surface area contributed by atoms with E-state index in [0.717, 1.165) is 12.2 Å². The lowest BCUT2D eigenvalue weighted by molar-refractivity contribution is -0.192. The Balaban J connectivity index is 0.000000451. The molecule has 3 rings (SSSR count). The Morgan fingerprint density at radius 2 is 1.72 bits per heavy atom. The Bertz CT molecular complexity index is 1020. The summed E-state index contributed by atoms with van der Waals surface area (Å²) in [5.41, 5.74) is 3.89. The van der Waals surface area contributed by atoms with Gasteiger partial charge in [0.2, 0.25) is 0 Å². The number of hydrogen-bond acceptors (Lipinski definition) is 5. The minimum atomic E-state index is -5.08. The van der Waals surface area contributed by atoms with Gasteiger partial charge in [-0.1, -0.05) is 12.1 Å². The lowest BCUT2D eigenvalue weighted by atomic mass is 10.1. The molecule has 170 valence electrons. The SMILES string of the molecule is Cc1cc(C(C)NCc2ccc(NC(=O)c3ccncc3)cc2)cs1.O=C(O)C(F)(F)F. The van der Waals surface area contributed by atoms with Crippen LogP contribution in [0.2, 0.25) is 0 Å². The van der Waals surface area contributed by atoms with Crippen molar-refractivity contribution in [1.29, 1.82) is 0 Å². The van der Waals surface area contributed by atoms with Crippen molar-refractivity contribution in [2.45, 2.75) is 32.6 Å². The third kappa shape index (κ3) is 8.12. The van der Waals surface area contributed by atoms with Crippen molar-refractivity contribution in [2.24, 2.45) is 0 Å². The van der Waals surface area contributed by atoms with Crippen LogP contribution in [0.15, 0.2) is 60.2 Å². The number of anilines is 1. The van der Waals surface area contributed by atoms with E-state index < -0.39 is 12.1 Å². The van der Waals surface area contributed by atoms with E-state index in [4.69, 9.17) is 9.90 Å². The van der Waals surface area contributed by atoms with Crippen LogP contribution in [0.5, 0.6) is 0 Å². The number of pyridine rings is 1. The molecule has 10 heteroatoms. The van der Waals surface area contributed by atoms with Gasteiger partial charge in [0, 0.05) is 41.1 Å². The van der Waals surface area contributed by atoms with Crippen LogP contribution in [0.1, 0.15) is 39.3 Å². The maximum Gasteiger partial charge on any atom is 0.490 e. The minimum Gasteiger partial charge on any atom is -0.475 e. The second-order valence-electron chi connectivity index (χ2n) is 6.78. The standard InChI is InChI=1S/C20H21N3OS.C2HF3O2/c1-14-11-18(13-25-14)15(2)22-12-16-3-5-19(6-4-16)23-20(24)17-7-9-21-10-8-17;3-2(4,5)1(6)7/h3-11,13,15,22H,12H2,1-2H3,(H,23,24);(H,6,7). The average Bonchev–Trinajstić information content (AvgIpc) is 3.20. The predicted octanol–water partition coefficient (Wildman–Crippen LogP) is 5.19. The molecular formula is C22H22F3N3O3S. The second-order valence-corrected chi connectivity index (χ2v) is 7.90. The summed E-state index contributed by atoms with van der Waals surface area (Å²) in [4.78, 5) is 26.3. The van der Waals surface area contributed by atoms with Gasteiger partial charge in [-0.05, 0) is 60.7 Å². The number of thiophene rings is 1. The Kier molecular flexibility index (Phi) is 8.91. The number of amides is 1. The van der Waals surface area contributed by atoms with Crippen LogP contribution in [0.3, 0.4) is 0 Å². The monoisotopic (exact) mass is 465 g/mol. The molecule has 32 heavy (non-hydrogen) atoms. The van der Waals surface area contributed by atoms with Gasteiger partial charge in [-0.15, -0.1) is 11.3 Å². The van der Waals surface area contributed by atoms with Gasteiger partial charge < -0.3 is 15.7 Å². The number of aromatic nitrogens is 1. The summed E-state index contributed by atoms with van der Waals surface area (Å²) in [5.74, 6) is -2.89. The zero-order valence-corrected chi connectivity index (χ0v) is 18.1. The molecule has 0 radical (unpaired) electrons. The van der Waals surface area contributed by atoms with Crippen molar-refractivity contribution in [3.63, 3.8) is 0 Å². The molecule has 1 aromatic carbocycles. The van der Waals surface area contributed by atoms with Gasteiger partial charge in [0.25, 0.3) is 5.91 Å². The highest BCUT2D eigenvalue weighted by atomic mass is 32.1. The molecule has 0 saturated carbocycles. The highest BCUT2D eigenvalue weighted by Gasteiger charge is 2.38. The first-order chi connectivity index (χ1) is 15.1. The molecule has 0 saturated heterocycles. The van der Waals surface area contributed by atoms with Gasteiger partial charge in [0.15, 0.2) is 0 Å². The summed E-state index contributed by atoms with van der Waals surface area (Å²) in [5, 5.41) is 15.7. The van der Waals surface area contributed by atoms with E-state index in [0.29, 0.717) is 11.6 Å². The van der Waals surface area contributed by atoms with Crippen LogP contribution in [-0.2, 0) is 11.3 Å². The van der Waals surface area contributed by atoms with E-state index >= 15 is 0 Å². The van der Waals surface area contributed by atoms with Crippen LogP contribution in [0.4, 0.5) is 18.9 Å². The lowest BCUT2D eigenvalue weighted by Crippen LogP contribution is -2.21. The summed E-state index contributed by atoms with van der Waals surface area (Å²) >= 11 is 1.78. The lowest BCUT2D eigenvalue weighted by Gasteiger charge is -2.13. The Hall–Kier alpha value is -3.24. The number of benzene rings is 1. The number of nitrogens with one attached hydrogen (secondary N) is 2. The molecule has 1 atom stereocenters. The summed E-state index contributed by atoms with van der Waals surface area (Å²) in [6.45, 7) is 5.08. The second kappa shape index (κ2) is 11.4. The molecule has 0 aliphatic heterocycles. The van der Waals surface area contributed by atoms with E-state index in [9.17, 15) is 18.0 Å². The Labute approximate surface area is 187 Å². The number of alkyl halides is 3. The van der Waals surface area contributed by atoms with Gasteiger partial charge in [-0.2, -0.15) is 13.2 Å². The molecule has 0 spiro atoms. The number of halogens is 3. The van der Waals surface area contributed by atoms with Crippen LogP contribution >= 0.6 is 11.3 Å². The molecule has 3 N–H and O–H groups in total. The highest BCUT2D eigenvalue weighted by molar-refractivity contribution is 7.10. The molecule has 2 heterocycles. The van der Waals surface area contributed by atoms with Crippen LogP contribution in [0, 0.1) is 6.92 Å². The molecule has 0 fully saturated rings. The quantitative estimate of drug-likeness (QED) is 0.466. The van der Waals surface area contributed by atoms with Crippen LogP contribution < -0.4 is 10.6 Å². The fourth-order valence-electron chi connectivity index (χ4n) is 2.49. The fraction of sp³-hybridized carbons (Fsp3) is 0.227. The molecular weight excluding hydrogens is 443 g/mol. The average molecular weight is 465 g/mol. The Morgan fingerprint density at radius 3 is 2.22 bits per heavy atom. The molecule has 0 bridgehead atoms. The highest BCUT2D eigenvalue weighted by Crippen LogP contribution is 2.20. The third-order valence-corrected chi connectivity index (χ3v) is 5.14. The number of hydrogen-bond donors (Lipinski definition) is 3. The van der Waals surface area contributed by atoms with Crippen molar-refractivity contribution in [3.8, 4) is 0 Å². The van der Waals surface area contributed by atoms with Crippen molar-refractivity contribution < 1.29 is 27.9 Å². The number of carboxylic acid groups (broad SMARTS) is 1. The first-order valence-corrected chi connectivity index (χ1v) is 10.3. The van der Waals surface area contributed by atoms with Gasteiger partial charge in [0.05, 0.1) is 0 Å². The number of rotatable bonds is 6. The van der Waals surface area contributed by atoms with Gasteiger partial charge >= 0.3 is 12.1 Å². The maximum absolute atomic E-state index is 12.1. The van der Waals surface area contributed by atoms with Crippen LogP contribution in [0.25, 0.3) is 0 Å². The minimum absolute atomic E-state index is 0.130. The molecule has 3 aromatic rings. The van der Waals surface area contributed by atoms with Crippen molar-refractivity contribution in [2.75, 3.05) is 5.32 Å². The Morgan fingerprint density at radius 1 is 1.12 bits per heavy atom. The number of carbonyl (C=O) groups is 2. The molecule has 1 amide bonds. The van der Waals surface area contributed by atoms with Crippen molar-refractivity contribution in [1.82, 2.24) is 10.3 Å². The first-order valence-electron chi connectivity index (χ1n) is 9.45. The maximum atomic E-state index is 12.1. The van der Waals surface area contributed by atoms with E-state index in [1.165, 1.54) is 16.0 Å². The van der Waals surface area contributed by atoms with Crippen LogP contribution in [-0.4, -0.2) is 28.1 Å². The summed E-state index contributed by atoms with van der Waals surface area (Å²) < 4.78 is 31.7. The van der Waals surface area contributed by atoms with Crippen molar-refractivity contribution in [3.05, 3.63) is 81.8 Å². The largest absolute Gasteiger partial charge is 0.490 e. The third-order valence-electron chi connectivity index (χ3n) is 4.26. The van der Waals surface area contributed by atoms with Gasteiger partial charge in [0.1, 0.15) is 0 Å². The zero-order chi connectivity index (χ0) is 23.7. The molecule has 0 aliphatic carbocycles. The fourth-order valence-corrected chi connectivity index (χ4v) is 3.29. The molecule has 1 unspecified atom stereocenters. The number of carbonyl (C=O) groups excluding carboxylic acids is 1. The number of carboxylic acids is 1. The smallest absolute Gasteiger partial charge is 0.475 e. The van der Waals surface area contributed by atoms with Crippen molar-refractivity contribution >= 4 is 28.9 Å². The van der Waals surface area contributed by atoms with Gasteiger partial charge in [-0.3, -0.25) is 9.78 Å². The predicted molar refractivity (Wildman–Crippen MR) is 117 cm³/mol. The number of nitrogens with zero attached hydrogens (tertiary/aromatic N) is 1. The van der Waals surface area contributed by atoms with E-state index in [1.807, 2.05) is 24.3 Å². The summed E-state index contributed by atoms with van der Waals surface area (Å²) in [6.07, 6.45) is -1.86. The first kappa shape index (κ1) is 25.0.